The van der Waals surface area contributed by atoms with Gasteiger partial charge in [0.25, 0.3) is 5.91 Å². The molecule has 0 aromatic heterocycles. The first-order valence-electron chi connectivity index (χ1n) is 8.84. The van der Waals surface area contributed by atoms with E-state index in [1.165, 1.54) is 0 Å². The highest BCUT2D eigenvalue weighted by molar-refractivity contribution is 5.97. The molecule has 4 nitrogen and oxygen atoms in total. The minimum absolute atomic E-state index is 0.104. The maximum absolute atomic E-state index is 12.6. The molecule has 1 amide bonds. The van der Waals surface area contributed by atoms with Crippen LogP contribution in [0.1, 0.15) is 58.1 Å². The molecule has 1 rings (SSSR count). The first-order chi connectivity index (χ1) is 11.2. The van der Waals surface area contributed by atoms with E-state index in [1.54, 1.807) is 7.11 Å². The predicted octanol–water partition coefficient (Wildman–Crippen LogP) is 4.87. The quantitative estimate of drug-likeness (QED) is 0.700. The van der Waals surface area contributed by atoms with Crippen LogP contribution in [0.3, 0.4) is 0 Å². The summed E-state index contributed by atoms with van der Waals surface area (Å²) in [6, 6.07) is 3.91. The molecule has 0 aliphatic carbocycles. The summed E-state index contributed by atoms with van der Waals surface area (Å²) < 4.78 is 11.4. The number of carbonyl (C=O) groups is 1. The highest BCUT2D eigenvalue weighted by Gasteiger charge is 2.32. The lowest BCUT2D eigenvalue weighted by atomic mass is 9.97. The number of nitrogens with one attached hydrogen (secondary N) is 1. The van der Waals surface area contributed by atoms with E-state index in [-0.39, 0.29) is 5.91 Å². The van der Waals surface area contributed by atoms with E-state index in [0.717, 1.165) is 35.4 Å². The van der Waals surface area contributed by atoms with Gasteiger partial charge in [-0.3, -0.25) is 4.79 Å². The third kappa shape index (κ3) is 5.52. The van der Waals surface area contributed by atoms with Crippen LogP contribution < -0.4 is 10.1 Å². The summed E-state index contributed by atoms with van der Waals surface area (Å²) >= 11 is 0. The van der Waals surface area contributed by atoms with Crippen LogP contribution in [0.5, 0.6) is 5.75 Å². The molecular weight excluding hydrogens is 302 g/mol. The van der Waals surface area contributed by atoms with Gasteiger partial charge in [0.05, 0.1) is 6.61 Å². The number of aryl methyl sites for hydroxylation is 2. The second-order valence-electron chi connectivity index (χ2n) is 7.14. The minimum Gasteiger partial charge on any atom is -0.493 e. The zero-order chi connectivity index (χ0) is 18.3. The Balaban J connectivity index is 2.90. The van der Waals surface area contributed by atoms with Crippen LogP contribution in [0.25, 0.3) is 0 Å². The molecule has 1 atom stereocenters. The highest BCUT2D eigenvalue weighted by atomic mass is 16.5. The van der Waals surface area contributed by atoms with Gasteiger partial charge in [-0.25, -0.2) is 0 Å². The van der Waals surface area contributed by atoms with Gasteiger partial charge in [-0.05, 0) is 56.4 Å². The first kappa shape index (κ1) is 20.5. The van der Waals surface area contributed by atoms with Crippen molar-refractivity contribution >= 4 is 11.6 Å². The van der Waals surface area contributed by atoms with Crippen molar-refractivity contribution in [3.63, 3.8) is 0 Å². The Morgan fingerprint density at radius 2 is 1.83 bits per heavy atom. The molecule has 1 N–H and O–H groups in total. The number of rotatable bonds is 9. The van der Waals surface area contributed by atoms with Crippen LogP contribution in [0.2, 0.25) is 0 Å². The minimum atomic E-state index is -0.801. The summed E-state index contributed by atoms with van der Waals surface area (Å²) in [6.07, 6.45) is 2.70. The van der Waals surface area contributed by atoms with E-state index >= 15 is 0 Å². The van der Waals surface area contributed by atoms with Crippen molar-refractivity contribution in [2.75, 3.05) is 19.0 Å². The topological polar surface area (TPSA) is 47.6 Å². The van der Waals surface area contributed by atoms with Crippen LogP contribution in [-0.2, 0) is 9.53 Å². The van der Waals surface area contributed by atoms with E-state index in [1.807, 2.05) is 32.9 Å². The largest absolute Gasteiger partial charge is 0.493 e. The summed E-state index contributed by atoms with van der Waals surface area (Å²) in [7, 11) is 1.59. The van der Waals surface area contributed by atoms with Crippen molar-refractivity contribution in [3.05, 3.63) is 23.3 Å². The maximum atomic E-state index is 12.6. The average Bonchev–Trinajstić information content (AvgIpc) is 2.51. The van der Waals surface area contributed by atoms with Crippen LogP contribution in [-0.4, -0.2) is 25.2 Å². The predicted molar refractivity (Wildman–Crippen MR) is 99.8 cm³/mol. The first-order valence-corrected chi connectivity index (χ1v) is 8.84. The Morgan fingerprint density at radius 1 is 1.25 bits per heavy atom. The molecule has 0 fully saturated rings. The molecule has 0 saturated carbocycles. The molecule has 24 heavy (non-hydrogen) atoms. The van der Waals surface area contributed by atoms with E-state index < -0.39 is 5.60 Å². The van der Waals surface area contributed by atoms with Crippen LogP contribution in [0, 0.1) is 19.8 Å². The summed E-state index contributed by atoms with van der Waals surface area (Å²) in [4.78, 5) is 12.6. The summed E-state index contributed by atoms with van der Waals surface area (Å²) in [5.74, 6) is 1.28. The maximum Gasteiger partial charge on any atom is 0.256 e. The molecule has 1 aromatic carbocycles. The molecule has 0 radical (unpaired) electrons. The molecule has 0 heterocycles. The molecular formula is C20H33NO3. The number of hydrogen-bond acceptors (Lipinski definition) is 3. The van der Waals surface area contributed by atoms with Gasteiger partial charge in [0.2, 0.25) is 0 Å². The second-order valence-corrected chi connectivity index (χ2v) is 7.14. The smallest absolute Gasteiger partial charge is 0.256 e. The lowest BCUT2D eigenvalue weighted by molar-refractivity contribution is -0.136. The summed E-state index contributed by atoms with van der Waals surface area (Å²) in [6.45, 7) is 12.9. The van der Waals surface area contributed by atoms with E-state index in [4.69, 9.17) is 9.47 Å². The van der Waals surface area contributed by atoms with Gasteiger partial charge in [-0.1, -0.05) is 33.6 Å². The van der Waals surface area contributed by atoms with Gasteiger partial charge in [-0.15, -0.1) is 0 Å². The molecule has 4 heteroatoms. The number of ether oxygens (including phenoxy) is 2. The molecule has 0 saturated heterocycles. The number of anilines is 1. The zero-order valence-electron chi connectivity index (χ0n) is 16.3. The van der Waals surface area contributed by atoms with Gasteiger partial charge in [0.1, 0.15) is 11.4 Å². The zero-order valence-corrected chi connectivity index (χ0v) is 16.3. The van der Waals surface area contributed by atoms with Crippen LogP contribution in [0.15, 0.2) is 12.1 Å². The van der Waals surface area contributed by atoms with Crippen molar-refractivity contribution in [3.8, 4) is 5.75 Å². The Hall–Kier alpha value is -1.55. The van der Waals surface area contributed by atoms with Crippen molar-refractivity contribution in [1.29, 1.82) is 0 Å². The Kier molecular flexibility index (Phi) is 7.74. The van der Waals surface area contributed by atoms with Gasteiger partial charge in [-0.2, -0.15) is 0 Å². The Bertz CT molecular complexity index is 531. The van der Waals surface area contributed by atoms with Gasteiger partial charge in [0.15, 0.2) is 0 Å². The molecule has 0 aliphatic rings. The molecule has 1 aromatic rings. The number of amides is 1. The number of unbranched alkanes of at least 4 members (excludes halogenated alkanes) is 1. The summed E-state index contributed by atoms with van der Waals surface area (Å²) in [5, 5.41) is 3.00. The second kappa shape index (κ2) is 9.07. The van der Waals surface area contributed by atoms with E-state index in [0.29, 0.717) is 18.9 Å². The van der Waals surface area contributed by atoms with Gasteiger partial charge >= 0.3 is 0 Å². The average molecular weight is 335 g/mol. The van der Waals surface area contributed by atoms with Gasteiger partial charge < -0.3 is 14.8 Å². The third-order valence-electron chi connectivity index (χ3n) is 4.22. The monoisotopic (exact) mass is 335 g/mol. The van der Waals surface area contributed by atoms with Crippen molar-refractivity contribution in [1.82, 2.24) is 0 Å². The SMILES string of the molecule is CCCC[C@@](C)(OC)C(=O)Nc1cc(C)c(OCC(C)C)c(C)c1. The number of methoxy groups -OCH3 is 1. The molecule has 0 unspecified atom stereocenters. The van der Waals surface area contributed by atoms with Gasteiger partial charge in [0, 0.05) is 12.8 Å². The number of hydrogen-bond donors (Lipinski definition) is 1. The van der Waals surface area contributed by atoms with Crippen molar-refractivity contribution < 1.29 is 14.3 Å². The normalized spacial score (nSPS) is 13.7. The lowest BCUT2D eigenvalue weighted by Crippen LogP contribution is -2.41. The highest BCUT2D eigenvalue weighted by Crippen LogP contribution is 2.29. The molecule has 0 spiro atoms. The van der Waals surface area contributed by atoms with Crippen molar-refractivity contribution in [2.45, 2.75) is 66.4 Å². The fraction of sp³-hybridized carbons (Fsp3) is 0.650. The number of benzene rings is 1. The third-order valence-corrected chi connectivity index (χ3v) is 4.22. The Labute approximate surface area is 146 Å². The Morgan fingerprint density at radius 3 is 2.29 bits per heavy atom. The van der Waals surface area contributed by atoms with Crippen LogP contribution >= 0.6 is 0 Å². The fourth-order valence-electron chi connectivity index (χ4n) is 2.59. The van der Waals surface area contributed by atoms with E-state index in [2.05, 4.69) is 26.1 Å². The fourth-order valence-corrected chi connectivity index (χ4v) is 2.59. The van der Waals surface area contributed by atoms with Crippen LogP contribution in [0.4, 0.5) is 5.69 Å². The molecule has 136 valence electrons. The molecule has 0 aliphatic heterocycles. The van der Waals surface area contributed by atoms with E-state index in [9.17, 15) is 4.79 Å². The summed E-state index contributed by atoms with van der Waals surface area (Å²) in [5.41, 5.74) is 2.04. The standard InChI is InChI=1S/C20H33NO3/c1-8-9-10-20(6,23-7)19(22)21-17-11-15(4)18(16(5)12-17)24-13-14(2)3/h11-12,14H,8-10,13H2,1-7H3,(H,21,22)/t20-/m1/s1. The lowest BCUT2D eigenvalue weighted by Gasteiger charge is -2.27. The number of carbonyl (C=O) groups excluding carboxylic acids is 1. The van der Waals surface area contributed by atoms with Crippen molar-refractivity contribution in [2.24, 2.45) is 5.92 Å². The molecule has 0 bridgehead atoms.